The summed E-state index contributed by atoms with van der Waals surface area (Å²) in [5.74, 6) is 0.377. The number of ketones is 1. The van der Waals surface area contributed by atoms with Crippen LogP contribution in [0, 0.1) is 17.6 Å². The van der Waals surface area contributed by atoms with Crippen LogP contribution < -0.4 is 14.2 Å². The molecule has 0 bridgehead atoms. The number of hydrogen-bond acceptors (Lipinski definition) is 5. The normalized spacial score (nSPS) is 16.8. The minimum Gasteiger partial charge on any atom is -0.493 e. The second kappa shape index (κ2) is 8.78. The monoisotopic (exact) mass is 403 g/mol. The molecule has 2 heterocycles. The van der Waals surface area contributed by atoms with E-state index in [1.165, 1.54) is 0 Å². The van der Waals surface area contributed by atoms with Gasteiger partial charge in [-0.1, -0.05) is 0 Å². The quantitative estimate of drug-likeness (QED) is 0.516. The third kappa shape index (κ3) is 4.67. The molecule has 2 aliphatic rings. The largest absolute Gasteiger partial charge is 0.493 e. The van der Waals surface area contributed by atoms with Gasteiger partial charge in [-0.2, -0.15) is 0 Å². The first-order valence-corrected chi connectivity index (χ1v) is 9.84. The van der Waals surface area contributed by atoms with Gasteiger partial charge < -0.3 is 19.1 Å². The Morgan fingerprint density at radius 3 is 2.69 bits per heavy atom. The second-order valence-corrected chi connectivity index (χ2v) is 7.32. The lowest BCUT2D eigenvalue weighted by molar-refractivity contribution is 0.0830. The van der Waals surface area contributed by atoms with Crippen LogP contribution in [0.3, 0.4) is 0 Å². The number of benzene rings is 2. The summed E-state index contributed by atoms with van der Waals surface area (Å²) < 4.78 is 43.6. The number of piperidine rings is 1. The van der Waals surface area contributed by atoms with E-state index in [1.54, 1.807) is 0 Å². The van der Waals surface area contributed by atoms with Crippen LogP contribution in [0.4, 0.5) is 8.78 Å². The van der Waals surface area contributed by atoms with Gasteiger partial charge in [0.1, 0.15) is 17.4 Å². The molecule has 0 spiro atoms. The zero-order chi connectivity index (χ0) is 20.2. The summed E-state index contributed by atoms with van der Waals surface area (Å²) >= 11 is 0. The summed E-state index contributed by atoms with van der Waals surface area (Å²) in [5, 5.41) is 0. The number of hydrogen-bond donors (Lipinski definition) is 0. The summed E-state index contributed by atoms with van der Waals surface area (Å²) in [4.78, 5) is 14.8. The van der Waals surface area contributed by atoms with Gasteiger partial charge >= 0.3 is 0 Å². The number of carbonyl (C=O) groups is 1. The van der Waals surface area contributed by atoms with Crippen molar-refractivity contribution in [1.82, 2.24) is 4.90 Å². The predicted molar refractivity (Wildman–Crippen MR) is 103 cm³/mol. The van der Waals surface area contributed by atoms with Gasteiger partial charge in [0.25, 0.3) is 0 Å². The molecule has 0 amide bonds. The lowest BCUT2D eigenvalue weighted by Crippen LogP contribution is -2.37. The van der Waals surface area contributed by atoms with Crippen LogP contribution in [-0.2, 0) is 0 Å². The number of carbonyl (C=O) groups excluding carboxylic acids is 1. The van der Waals surface area contributed by atoms with E-state index in [9.17, 15) is 13.6 Å². The lowest BCUT2D eigenvalue weighted by atomic mass is 9.88. The maximum Gasteiger partial charge on any atom is 0.231 e. The molecule has 0 saturated carbocycles. The van der Waals surface area contributed by atoms with Gasteiger partial charge in [0.05, 0.1) is 12.2 Å². The molecular formula is C22H23F2NO4. The van der Waals surface area contributed by atoms with Crippen molar-refractivity contribution in [3.8, 4) is 17.2 Å². The topological polar surface area (TPSA) is 48.0 Å². The summed E-state index contributed by atoms with van der Waals surface area (Å²) in [5.41, 5.74) is -0.138. The summed E-state index contributed by atoms with van der Waals surface area (Å²) in [6, 6.07) is 8.55. The number of fused-ring (bicyclic) bond motifs is 1. The number of halogens is 2. The fraction of sp³-hybridized carbons (Fsp3) is 0.409. The Morgan fingerprint density at radius 1 is 1.07 bits per heavy atom. The van der Waals surface area contributed by atoms with E-state index in [-0.39, 0.29) is 24.1 Å². The van der Waals surface area contributed by atoms with E-state index in [0.717, 1.165) is 55.8 Å². The summed E-state index contributed by atoms with van der Waals surface area (Å²) in [7, 11) is 0. The molecule has 2 aromatic carbocycles. The Morgan fingerprint density at radius 2 is 1.86 bits per heavy atom. The van der Waals surface area contributed by atoms with Gasteiger partial charge in [-0.05, 0) is 62.7 Å². The van der Waals surface area contributed by atoms with Gasteiger partial charge in [-0.15, -0.1) is 0 Å². The first-order chi connectivity index (χ1) is 14.1. The Bertz CT molecular complexity index is 881. The van der Waals surface area contributed by atoms with Gasteiger partial charge in [-0.25, -0.2) is 8.78 Å². The molecule has 7 heteroatoms. The third-order valence-electron chi connectivity index (χ3n) is 5.38. The van der Waals surface area contributed by atoms with Gasteiger partial charge in [0.2, 0.25) is 6.79 Å². The molecule has 154 valence electrons. The molecule has 5 nitrogen and oxygen atoms in total. The Balaban J connectivity index is 1.19. The Kier molecular flexibility index (Phi) is 5.94. The first kappa shape index (κ1) is 19.6. The molecule has 1 fully saturated rings. The van der Waals surface area contributed by atoms with Crippen molar-refractivity contribution >= 4 is 5.78 Å². The van der Waals surface area contributed by atoms with Crippen LogP contribution in [0.25, 0.3) is 0 Å². The fourth-order valence-electron chi connectivity index (χ4n) is 3.77. The molecule has 0 aromatic heterocycles. The van der Waals surface area contributed by atoms with Crippen LogP contribution in [-0.4, -0.2) is 43.7 Å². The Labute approximate surface area is 168 Å². The smallest absolute Gasteiger partial charge is 0.231 e. The molecule has 0 N–H and O–H groups in total. The molecule has 29 heavy (non-hydrogen) atoms. The van der Waals surface area contributed by atoms with Gasteiger partial charge in [0, 0.05) is 18.5 Å². The van der Waals surface area contributed by atoms with Crippen LogP contribution in [0.1, 0.15) is 29.6 Å². The number of rotatable bonds is 7. The van der Waals surface area contributed by atoms with Crippen LogP contribution in [0.5, 0.6) is 17.2 Å². The number of ether oxygens (including phenoxy) is 3. The van der Waals surface area contributed by atoms with Crippen molar-refractivity contribution in [1.29, 1.82) is 0 Å². The average molecular weight is 403 g/mol. The second-order valence-electron chi connectivity index (χ2n) is 7.32. The predicted octanol–water partition coefficient (Wildman–Crippen LogP) is 4.06. The van der Waals surface area contributed by atoms with E-state index in [1.807, 2.05) is 18.2 Å². The average Bonchev–Trinajstić information content (AvgIpc) is 3.21. The molecule has 0 radical (unpaired) electrons. The van der Waals surface area contributed by atoms with Gasteiger partial charge in [0.15, 0.2) is 17.3 Å². The van der Waals surface area contributed by atoms with Crippen molar-refractivity contribution in [3.63, 3.8) is 0 Å². The van der Waals surface area contributed by atoms with Crippen molar-refractivity contribution < 1.29 is 27.8 Å². The van der Waals surface area contributed by atoms with Crippen molar-refractivity contribution in [2.45, 2.75) is 19.3 Å². The molecule has 4 rings (SSSR count). The highest BCUT2D eigenvalue weighted by Gasteiger charge is 2.27. The molecule has 0 aliphatic carbocycles. The lowest BCUT2D eigenvalue weighted by Gasteiger charge is -2.31. The number of Topliss-reactive ketones (excluding diaryl/α,β-unsaturated/α-hetero) is 1. The van der Waals surface area contributed by atoms with Crippen molar-refractivity contribution in [2.24, 2.45) is 5.92 Å². The SMILES string of the molecule is O=C(c1cc(F)ccc1F)C1CCN(CCCOc2ccc3c(c2)OCO3)CC1. The minimum absolute atomic E-state index is 0.138. The minimum atomic E-state index is -0.653. The fourth-order valence-corrected chi connectivity index (χ4v) is 3.77. The van der Waals surface area contributed by atoms with Crippen LogP contribution >= 0.6 is 0 Å². The van der Waals surface area contributed by atoms with E-state index in [2.05, 4.69) is 4.90 Å². The molecule has 0 atom stereocenters. The van der Waals surface area contributed by atoms with Crippen LogP contribution in [0.2, 0.25) is 0 Å². The van der Waals surface area contributed by atoms with Crippen molar-refractivity contribution in [2.75, 3.05) is 33.0 Å². The molecule has 2 aromatic rings. The highest BCUT2D eigenvalue weighted by Crippen LogP contribution is 2.35. The molecule has 2 aliphatic heterocycles. The summed E-state index contributed by atoms with van der Waals surface area (Å²) in [6.45, 7) is 3.20. The number of nitrogens with zero attached hydrogens (tertiary/aromatic N) is 1. The van der Waals surface area contributed by atoms with Crippen LogP contribution in [0.15, 0.2) is 36.4 Å². The van der Waals surface area contributed by atoms with Crippen molar-refractivity contribution in [3.05, 3.63) is 53.6 Å². The zero-order valence-electron chi connectivity index (χ0n) is 16.0. The molecule has 0 unspecified atom stereocenters. The first-order valence-electron chi connectivity index (χ1n) is 9.84. The highest BCUT2D eigenvalue weighted by molar-refractivity contribution is 5.98. The third-order valence-corrected chi connectivity index (χ3v) is 5.38. The van der Waals surface area contributed by atoms with Gasteiger partial charge in [-0.3, -0.25) is 4.79 Å². The van der Waals surface area contributed by atoms with E-state index < -0.39 is 11.6 Å². The Hall–Kier alpha value is -2.67. The number of likely N-dealkylation sites (tertiary alicyclic amines) is 1. The zero-order valence-corrected chi connectivity index (χ0v) is 16.0. The standard InChI is InChI=1S/C22H23F2NO4/c23-16-2-4-19(24)18(12-16)22(26)15-6-9-25(10-7-15)8-1-11-27-17-3-5-20-21(13-17)29-14-28-20/h2-5,12-13,15H,1,6-11,14H2. The molecule has 1 saturated heterocycles. The maximum absolute atomic E-state index is 13.8. The van der Waals surface area contributed by atoms with E-state index >= 15 is 0 Å². The maximum atomic E-state index is 13.8. The van der Waals surface area contributed by atoms with E-state index in [0.29, 0.717) is 25.2 Å². The summed E-state index contributed by atoms with van der Waals surface area (Å²) in [6.07, 6.45) is 2.15. The highest BCUT2D eigenvalue weighted by atomic mass is 19.1. The van der Waals surface area contributed by atoms with E-state index in [4.69, 9.17) is 14.2 Å². The molecular weight excluding hydrogens is 380 g/mol.